The van der Waals surface area contributed by atoms with Crippen LogP contribution in [0.5, 0.6) is 5.75 Å². The molecule has 106 valence electrons. The molecule has 0 saturated carbocycles. The van der Waals surface area contributed by atoms with Crippen molar-refractivity contribution in [2.75, 3.05) is 7.05 Å². The first kappa shape index (κ1) is 15.3. The molecule has 1 rings (SSSR count). The normalized spacial score (nSPS) is 13.4. The van der Waals surface area contributed by atoms with E-state index in [9.17, 15) is 18.0 Å². The minimum absolute atomic E-state index is 0.276. The van der Waals surface area contributed by atoms with Crippen LogP contribution in [0, 0.1) is 0 Å². The molecule has 0 bridgehead atoms. The number of nitrogens with two attached hydrogens (primary N) is 1. The van der Waals surface area contributed by atoms with Gasteiger partial charge in [-0.25, -0.2) is 0 Å². The first-order valence-electron chi connectivity index (χ1n) is 5.53. The minimum atomic E-state index is -4.70. The number of primary amides is 1. The molecule has 0 spiro atoms. The van der Waals surface area contributed by atoms with Gasteiger partial charge in [-0.2, -0.15) is 0 Å². The second-order valence-corrected chi connectivity index (χ2v) is 4.19. The van der Waals surface area contributed by atoms with E-state index in [1.165, 1.54) is 24.3 Å². The van der Waals surface area contributed by atoms with E-state index < -0.39 is 18.3 Å². The van der Waals surface area contributed by atoms with Crippen molar-refractivity contribution < 1.29 is 22.7 Å². The lowest BCUT2D eigenvalue weighted by atomic mass is 10.2. The smallest absolute Gasteiger partial charge is 0.406 e. The van der Waals surface area contributed by atoms with E-state index in [4.69, 9.17) is 5.73 Å². The van der Waals surface area contributed by atoms with Gasteiger partial charge >= 0.3 is 6.36 Å². The van der Waals surface area contributed by atoms with E-state index in [-0.39, 0.29) is 5.75 Å². The molecular formula is C12H15F3N2O2. The van der Waals surface area contributed by atoms with E-state index in [1.54, 1.807) is 18.9 Å². The molecule has 19 heavy (non-hydrogen) atoms. The number of rotatable bonds is 5. The first-order chi connectivity index (χ1) is 8.69. The average molecular weight is 276 g/mol. The molecule has 1 atom stereocenters. The van der Waals surface area contributed by atoms with Crippen LogP contribution in [0.25, 0.3) is 0 Å². The Hall–Kier alpha value is -1.76. The van der Waals surface area contributed by atoms with Gasteiger partial charge in [0.15, 0.2) is 0 Å². The SMILES string of the molecule is C[C@@H](C(N)=O)N(C)Cc1ccc(OC(F)(F)F)cc1. The number of carbonyl (C=O) groups is 1. The van der Waals surface area contributed by atoms with Gasteiger partial charge < -0.3 is 10.5 Å². The summed E-state index contributed by atoms with van der Waals surface area (Å²) in [6, 6.07) is 5.01. The van der Waals surface area contributed by atoms with E-state index >= 15 is 0 Å². The van der Waals surface area contributed by atoms with Crippen molar-refractivity contribution in [1.29, 1.82) is 0 Å². The second kappa shape index (κ2) is 5.92. The fourth-order valence-electron chi connectivity index (χ4n) is 1.44. The van der Waals surface area contributed by atoms with Gasteiger partial charge in [-0.05, 0) is 31.7 Å². The predicted octanol–water partition coefficient (Wildman–Crippen LogP) is 1.89. The molecule has 0 aliphatic heterocycles. The Morgan fingerprint density at radius 2 is 1.89 bits per heavy atom. The molecule has 7 heteroatoms. The van der Waals surface area contributed by atoms with Crippen LogP contribution in [-0.2, 0) is 11.3 Å². The quantitative estimate of drug-likeness (QED) is 0.893. The molecule has 4 nitrogen and oxygen atoms in total. The Morgan fingerprint density at radius 3 is 2.32 bits per heavy atom. The molecule has 0 saturated heterocycles. The summed E-state index contributed by atoms with van der Waals surface area (Å²) in [5.41, 5.74) is 5.91. The molecule has 0 radical (unpaired) electrons. The number of nitrogens with zero attached hydrogens (tertiary/aromatic N) is 1. The first-order valence-corrected chi connectivity index (χ1v) is 5.53. The van der Waals surface area contributed by atoms with E-state index in [0.29, 0.717) is 6.54 Å². The molecule has 0 aliphatic rings. The second-order valence-electron chi connectivity index (χ2n) is 4.19. The number of alkyl halides is 3. The van der Waals surface area contributed by atoms with Crippen molar-refractivity contribution in [2.45, 2.75) is 25.9 Å². The van der Waals surface area contributed by atoms with Crippen LogP contribution in [0.3, 0.4) is 0 Å². The third-order valence-electron chi connectivity index (χ3n) is 2.66. The minimum Gasteiger partial charge on any atom is -0.406 e. The molecule has 0 aliphatic carbocycles. The number of benzene rings is 1. The van der Waals surface area contributed by atoms with Gasteiger partial charge in [-0.1, -0.05) is 12.1 Å². The third kappa shape index (κ3) is 5.17. The standard InChI is InChI=1S/C12H15F3N2O2/c1-8(11(16)18)17(2)7-9-3-5-10(6-4-9)19-12(13,14)15/h3-6,8H,7H2,1-2H3,(H2,16,18)/t8-/m0/s1. The zero-order valence-corrected chi connectivity index (χ0v) is 10.6. The van der Waals surface area contributed by atoms with Gasteiger partial charge in [0.05, 0.1) is 6.04 Å². The molecule has 0 heterocycles. The summed E-state index contributed by atoms with van der Waals surface area (Å²) in [5.74, 6) is -0.735. The highest BCUT2D eigenvalue weighted by Crippen LogP contribution is 2.23. The molecule has 0 aromatic heterocycles. The Labute approximate surface area is 108 Å². The van der Waals surface area contributed by atoms with Crippen LogP contribution < -0.4 is 10.5 Å². The predicted molar refractivity (Wildman–Crippen MR) is 63.2 cm³/mol. The summed E-state index contributed by atoms with van der Waals surface area (Å²) >= 11 is 0. The van der Waals surface area contributed by atoms with Crippen LogP contribution in [-0.4, -0.2) is 30.3 Å². The van der Waals surface area contributed by atoms with E-state index in [1.807, 2.05) is 0 Å². The number of likely N-dealkylation sites (N-methyl/N-ethyl adjacent to an activating group) is 1. The fourth-order valence-corrected chi connectivity index (χ4v) is 1.44. The number of ether oxygens (including phenoxy) is 1. The summed E-state index contributed by atoms with van der Waals surface area (Å²) in [5, 5.41) is 0. The highest BCUT2D eigenvalue weighted by Gasteiger charge is 2.30. The van der Waals surface area contributed by atoms with Crippen molar-refractivity contribution in [3.05, 3.63) is 29.8 Å². The maximum atomic E-state index is 12.0. The highest BCUT2D eigenvalue weighted by molar-refractivity contribution is 5.79. The maximum absolute atomic E-state index is 12.0. The Balaban J connectivity index is 2.64. The van der Waals surface area contributed by atoms with Crippen molar-refractivity contribution in [3.8, 4) is 5.75 Å². The Kier molecular flexibility index (Phi) is 4.77. The average Bonchev–Trinajstić information content (AvgIpc) is 2.28. The van der Waals surface area contributed by atoms with Gasteiger partial charge in [0.2, 0.25) is 5.91 Å². The van der Waals surface area contributed by atoms with Crippen LogP contribution in [0.15, 0.2) is 24.3 Å². The van der Waals surface area contributed by atoms with Crippen molar-refractivity contribution in [2.24, 2.45) is 5.73 Å². The lowest BCUT2D eigenvalue weighted by molar-refractivity contribution is -0.274. The van der Waals surface area contributed by atoms with Crippen LogP contribution >= 0.6 is 0 Å². The molecule has 1 amide bonds. The van der Waals surface area contributed by atoms with Crippen LogP contribution in [0.1, 0.15) is 12.5 Å². The van der Waals surface area contributed by atoms with Gasteiger partial charge in [-0.15, -0.1) is 13.2 Å². The van der Waals surface area contributed by atoms with Crippen molar-refractivity contribution in [1.82, 2.24) is 4.90 Å². The fraction of sp³-hybridized carbons (Fsp3) is 0.417. The maximum Gasteiger partial charge on any atom is 0.573 e. The van der Waals surface area contributed by atoms with Gasteiger partial charge in [0.1, 0.15) is 5.75 Å². The number of halogens is 3. The number of hydrogen-bond acceptors (Lipinski definition) is 3. The van der Waals surface area contributed by atoms with Crippen LogP contribution in [0.4, 0.5) is 13.2 Å². The molecule has 0 unspecified atom stereocenters. The largest absolute Gasteiger partial charge is 0.573 e. The highest BCUT2D eigenvalue weighted by atomic mass is 19.4. The molecule has 1 aromatic rings. The summed E-state index contributed by atoms with van der Waals surface area (Å²) < 4.78 is 39.7. The van der Waals surface area contributed by atoms with Gasteiger partial charge in [0.25, 0.3) is 0 Å². The topological polar surface area (TPSA) is 55.6 Å². The lowest BCUT2D eigenvalue weighted by Crippen LogP contribution is -2.39. The van der Waals surface area contributed by atoms with Gasteiger partial charge in [-0.3, -0.25) is 9.69 Å². The summed E-state index contributed by atoms with van der Waals surface area (Å²) in [6.07, 6.45) is -4.70. The monoisotopic (exact) mass is 276 g/mol. The molecular weight excluding hydrogens is 261 g/mol. The van der Waals surface area contributed by atoms with E-state index in [2.05, 4.69) is 4.74 Å². The summed E-state index contributed by atoms with van der Waals surface area (Å²) in [4.78, 5) is 12.7. The molecule has 0 fully saturated rings. The van der Waals surface area contributed by atoms with Crippen molar-refractivity contribution in [3.63, 3.8) is 0 Å². The number of amides is 1. The van der Waals surface area contributed by atoms with Gasteiger partial charge in [0, 0.05) is 6.54 Å². The zero-order valence-electron chi connectivity index (χ0n) is 10.6. The lowest BCUT2D eigenvalue weighted by Gasteiger charge is -2.22. The van der Waals surface area contributed by atoms with Crippen molar-refractivity contribution >= 4 is 5.91 Å². The Bertz CT molecular complexity index is 432. The molecule has 1 aromatic carbocycles. The molecule has 2 N–H and O–H groups in total. The number of carbonyl (C=O) groups excluding carboxylic acids is 1. The zero-order chi connectivity index (χ0) is 14.6. The Morgan fingerprint density at radius 1 is 1.37 bits per heavy atom. The summed E-state index contributed by atoms with van der Waals surface area (Å²) in [7, 11) is 1.70. The summed E-state index contributed by atoms with van der Waals surface area (Å²) in [6.45, 7) is 2.06. The number of hydrogen-bond donors (Lipinski definition) is 1. The third-order valence-corrected chi connectivity index (χ3v) is 2.66. The van der Waals surface area contributed by atoms with E-state index in [0.717, 1.165) is 5.56 Å². The van der Waals surface area contributed by atoms with Crippen LogP contribution in [0.2, 0.25) is 0 Å².